The van der Waals surface area contributed by atoms with Crippen molar-refractivity contribution in [1.82, 2.24) is 0 Å². The molecule has 0 saturated carbocycles. The molecule has 1 heterocycles. The standard InChI is InChI=1S/C15H17BClNO3S/c1-16(19)18-9-11(8-17)15-13-7-12(22-21-20-2)5-3-10(13)4-6-14(15)18/h3-7,11,19H,8-9H2,1-2H3. The molecule has 0 aliphatic carbocycles. The Balaban J connectivity index is 2.12. The second-order valence-corrected chi connectivity index (χ2v) is 6.42. The van der Waals surface area contributed by atoms with E-state index in [-0.39, 0.29) is 5.92 Å². The van der Waals surface area contributed by atoms with Gasteiger partial charge in [-0.1, -0.05) is 12.1 Å². The predicted octanol–water partition coefficient (Wildman–Crippen LogP) is 3.68. The first-order valence-corrected chi connectivity index (χ1v) is 8.38. The number of hydrogen-bond acceptors (Lipinski definition) is 5. The lowest BCUT2D eigenvalue weighted by atomic mass is 9.85. The molecule has 2 aromatic carbocycles. The highest BCUT2D eigenvalue weighted by atomic mass is 35.5. The number of nitrogens with zero attached hydrogens (tertiary/aromatic N) is 1. The molecule has 0 radical (unpaired) electrons. The Morgan fingerprint density at radius 2 is 2.18 bits per heavy atom. The molecule has 0 amide bonds. The van der Waals surface area contributed by atoms with Gasteiger partial charge >= 0.3 is 7.05 Å². The summed E-state index contributed by atoms with van der Waals surface area (Å²) in [6, 6.07) is 10.3. The Morgan fingerprint density at radius 3 is 2.86 bits per heavy atom. The van der Waals surface area contributed by atoms with Gasteiger partial charge in [0.15, 0.2) is 0 Å². The molecule has 2 aromatic rings. The molecule has 1 N–H and O–H groups in total. The van der Waals surface area contributed by atoms with Crippen molar-refractivity contribution in [3.8, 4) is 0 Å². The lowest BCUT2D eigenvalue weighted by Crippen LogP contribution is -2.36. The Hall–Kier alpha value is -0.915. The van der Waals surface area contributed by atoms with Crippen molar-refractivity contribution in [1.29, 1.82) is 0 Å². The second-order valence-electron chi connectivity index (χ2n) is 5.33. The van der Waals surface area contributed by atoms with Gasteiger partial charge in [0, 0.05) is 28.9 Å². The summed E-state index contributed by atoms with van der Waals surface area (Å²) >= 11 is 7.35. The highest BCUT2D eigenvalue weighted by molar-refractivity contribution is 7.94. The SMILES string of the molecule is COOSc1ccc2ccc3c(c2c1)C(CCl)CN3B(C)O. The van der Waals surface area contributed by atoms with Crippen LogP contribution in [0.5, 0.6) is 0 Å². The van der Waals surface area contributed by atoms with E-state index in [0.29, 0.717) is 5.88 Å². The van der Waals surface area contributed by atoms with E-state index in [4.69, 9.17) is 15.9 Å². The largest absolute Gasteiger partial charge is 0.432 e. The van der Waals surface area contributed by atoms with Crippen LogP contribution in [0, 0.1) is 0 Å². The van der Waals surface area contributed by atoms with Crippen LogP contribution in [-0.2, 0) is 9.22 Å². The van der Waals surface area contributed by atoms with Gasteiger partial charge in [-0.2, -0.15) is 4.33 Å². The third-order valence-electron chi connectivity index (χ3n) is 3.98. The average molecular weight is 338 g/mol. The highest BCUT2D eigenvalue weighted by Gasteiger charge is 2.33. The van der Waals surface area contributed by atoms with E-state index >= 15 is 0 Å². The molecule has 116 valence electrons. The molecule has 22 heavy (non-hydrogen) atoms. The third-order valence-corrected chi connectivity index (χ3v) is 5.01. The summed E-state index contributed by atoms with van der Waals surface area (Å²) < 4.78 is 4.94. The molecule has 0 spiro atoms. The summed E-state index contributed by atoms with van der Waals surface area (Å²) in [4.78, 5) is 7.60. The summed E-state index contributed by atoms with van der Waals surface area (Å²) in [5, 5.41) is 12.3. The maximum Gasteiger partial charge on any atom is 0.409 e. The van der Waals surface area contributed by atoms with Crippen molar-refractivity contribution in [2.45, 2.75) is 17.6 Å². The van der Waals surface area contributed by atoms with Crippen molar-refractivity contribution in [2.75, 3.05) is 24.3 Å². The highest BCUT2D eigenvalue weighted by Crippen LogP contribution is 2.42. The zero-order valence-corrected chi connectivity index (χ0v) is 14.0. The zero-order chi connectivity index (χ0) is 15.7. The fourth-order valence-corrected chi connectivity index (χ4v) is 3.71. The monoisotopic (exact) mass is 337 g/mol. The van der Waals surface area contributed by atoms with Gasteiger partial charge < -0.3 is 9.83 Å². The summed E-state index contributed by atoms with van der Waals surface area (Å²) in [5.74, 6) is 0.736. The van der Waals surface area contributed by atoms with E-state index in [1.165, 1.54) is 24.7 Å². The fourth-order valence-electron chi connectivity index (χ4n) is 3.02. The van der Waals surface area contributed by atoms with Crippen LogP contribution in [0.25, 0.3) is 10.8 Å². The molecule has 1 atom stereocenters. The third kappa shape index (κ3) is 2.82. The molecule has 0 aromatic heterocycles. The Bertz CT molecular complexity index is 685. The summed E-state index contributed by atoms with van der Waals surface area (Å²) in [5.41, 5.74) is 2.26. The van der Waals surface area contributed by atoms with Gasteiger partial charge in [-0.3, -0.25) is 0 Å². The van der Waals surface area contributed by atoms with Crippen LogP contribution < -0.4 is 4.81 Å². The molecular weight excluding hydrogens is 321 g/mol. The molecule has 4 nitrogen and oxygen atoms in total. The van der Waals surface area contributed by atoms with E-state index in [9.17, 15) is 5.02 Å². The molecule has 7 heteroatoms. The normalized spacial score (nSPS) is 17.1. The van der Waals surface area contributed by atoms with Crippen molar-refractivity contribution >= 4 is 47.2 Å². The molecule has 0 fully saturated rings. The number of hydrogen-bond donors (Lipinski definition) is 1. The van der Waals surface area contributed by atoms with Gasteiger partial charge in [0.25, 0.3) is 0 Å². The van der Waals surface area contributed by atoms with Crippen molar-refractivity contribution in [3.63, 3.8) is 0 Å². The van der Waals surface area contributed by atoms with E-state index in [2.05, 4.69) is 29.2 Å². The maximum atomic E-state index is 10.00. The van der Waals surface area contributed by atoms with E-state index in [1.54, 1.807) is 6.82 Å². The molecule has 1 unspecified atom stereocenters. The Labute approximate surface area is 139 Å². The van der Waals surface area contributed by atoms with Gasteiger partial charge in [0.1, 0.15) is 0 Å². The van der Waals surface area contributed by atoms with Crippen molar-refractivity contribution < 1.29 is 14.2 Å². The smallest absolute Gasteiger partial charge is 0.409 e. The average Bonchev–Trinajstić information content (AvgIpc) is 2.92. The van der Waals surface area contributed by atoms with Gasteiger partial charge in [0.2, 0.25) is 0 Å². The number of rotatable bonds is 5. The number of benzene rings is 2. The molecule has 0 bridgehead atoms. The van der Waals surface area contributed by atoms with Crippen LogP contribution >= 0.6 is 23.6 Å². The quantitative estimate of drug-likeness (QED) is 0.296. The van der Waals surface area contributed by atoms with Gasteiger partial charge in [-0.25, -0.2) is 4.89 Å². The van der Waals surface area contributed by atoms with Crippen LogP contribution in [0.3, 0.4) is 0 Å². The Kier molecular flexibility index (Phi) is 4.85. The summed E-state index contributed by atoms with van der Waals surface area (Å²) in [7, 11) is 0.953. The summed E-state index contributed by atoms with van der Waals surface area (Å²) in [6.07, 6.45) is 0. The van der Waals surface area contributed by atoms with Crippen LogP contribution in [-0.4, -0.2) is 31.6 Å². The fraction of sp³-hybridized carbons (Fsp3) is 0.333. The molecule has 3 rings (SSSR count). The van der Waals surface area contributed by atoms with Gasteiger partial charge in [-0.05, 0) is 41.4 Å². The van der Waals surface area contributed by atoms with Gasteiger partial charge in [0.05, 0.1) is 19.2 Å². The van der Waals surface area contributed by atoms with E-state index in [0.717, 1.165) is 27.9 Å². The van der Waals surface area contributed by atoms with Crippen LogP contribution in [0.4, 0.5) is 5.69 Å². The second kappa shape index (κ2) is 6.68. The topological polar surface area (TPSA) is 41.9 Å². The minimum Gasteiger partial charge on any atom is -0.432 e. The molecule has 0 saturated heterocycles. The van der Waals surface area contributed by atoms with Gasteiger partial charge in [-0.15, -0.1) is 11.6 Å². The lowest BCUT2D eigenvalue weighted by Gasteiger charge is -2.20. The number of halogens is 1. The summed E-state index contributed by atoms with van der Waals surface area (Å²) in [6.45, 7) is 2.52. The predicted molar refractivity (Wildman–Crippen MR) is 92.5 cm³/mol. The maximum absolute atomic E-state index is 10.00. The molecule has 1 aliphatic rings. The first kappa shape index (κ1) is 16.0. The number of alkyl halides is 1. The first-order valence-electron chi connectivity index (χ1n) is 7.10. The van der Waals surface area contributed by atoms with Crippen molar-refractivity contribution in [3.05, 3.63) is 35.9 Å². The Morgan fingerprint density at radius 1 is 1.41 bits per heavy atom. The van der Waals surface area contributed by atoms with Crippen molar-refractivity contribution in [2.24, 2.45) is 0 Å². The van der Waals surface area contributed by atoms with E-state index in [1.807, 2.05) is 10.9 Å². The minimum absolute atomic E-state index is 0.207. The minimum atomic E-state index is -0.529. The van der Waals surface area contributed by atoms with Crippen LogP contribution in [0.15, 0.2) is 35.2 Å². The number of fused-ring (bicyclic) bond motifs is 3. The van der Waals surface area contributed by atoms with Crippen LogP contribution in [0.1, 0.15) is 11.5 Å². The molecule has 1 aliphatic heterocycles. The first-order chi connectivity index (χ1) is 10.7. The van der Waals surface area contributed by atoms with E-state index < -0.39 is 7.05 Å². The number of anilines is 1. The van der Waals surface area contributed by atoms with Crippen LogP contribution in [0.2, 0.25) is 6.82 Å². The molecular formula is C15H17BClNO3S. The zero-order valence-electron chi connectivity index (χ0n) is 12.5. The lowest BCUT2D eigenvalue weighted by molar-refractivity contribution is -0.160.